The van der Waals surface area contributed by atoms with Gasteiger partial charge in [0.1, 0.15) is 0 Å². The number of pyridine rings is 1. The highest BCUT2D eigenvalue weighted by Gasteiger charge is 2.11. The minimum Gasteiger partial charge on any atom is -0.398 e. The molecule has 0 aliphatic rings. The summed E-state index contributed by atoms with van der Waals surface area (Å²) in [5.41, 5.74) is 7.14. The van der Waals surface area contributed by atoms with E-state index in [1.165, 1.54) is 0 Å². The smallest absolute Gasteiger partial charge is 0.195 e. The number of nitrogen functional groups attached to an aromatic ring is 1. The maximum atomic E-state index is 12.0. The molecule has 0 atom stereocenters. The largest absolute Gasteiger partial charge is 0.398 e. The molecule has 3 nitrogen and oxygen atoms in total. The monoisotopic (exact) mass is 232 g/mol. The molecule has 16 heavy (non-hydrogen) atoms. The van der Waals surface area contributed by atoms with Crippen LogP contribution >= 0.6 is 11.6 Å². The van der Waals surface area contributed by atoms with Crippen molar-refractivity contribution in [1.82, 2.24) is 4.98 Å². The fourth-order valence-electron chi connectivity index (χ4n) is 1.40. The van der Waals surface area contributed by atoms with Crippen LogP contribution in [0.15, 0.2) is 42.7 Å². The molecule has 0 amide bonds. The topological polar surface area (TPSA) is 56.0 Å². The quantitative estimate of drug-likeness (QED) is 0.640. The van der Waals surface area contributed by atoms with Gasteiger partial charge in [0.05, 0.1) is 0 Å². The predicted octanol–water partition coefficient (Wildman–Crippen LogP) is 2.55. The van der Waals surface area contributed by atoms with Crippen LogP contribution in [0, 0.1) is 0 Å². The summed E-state index contributed by atoms with van der Waals surface area (Å²) in [6.45, 7) is 0. The van der Waals surface area contributed by atoms with Crippen molar-refractivity contribution in [1.29, 1.82) is 0 Å². The number of nitrogens with zero attached hydrogens (tertiary/aromatic N) is 1. The van der Waals surface area contributed by atoms with E-state index >= 15 is 0 Å². The third-order valence-corrected chi connectivity index (χ3v) is 2.44. The van der Waals surface area contributed by atoms with Gasteiger partial charge in [-0.1, -0.05) is 11.6 Å². The number of ketones is 1. The molecule has 1 aromatic heterocycles. The molecule has 2 aromatic rings. The van der Waals surface area contributed by atoms with Crippen molar-refractivity contribution in [2.45, 2.75) is 0 Å². The lowest BCUT2D eigenvalue weighted by Gasteiger charge is -2.04. The van der Waals surface area contributed by atoms with Crippen LogP contribution in [0.4, 0.5) is 5.69 Å². The molecule has 1 heterocycles. The van der Waals surface area contributed by atoms with E-state index in [4.69, 9.17) is 17.3 Å². The van der Waals surface area contributed by atoms with Crippen molar-refractivity contribution in [2.75, 3.05) is 5.73 Å². The standard InChI is InChI=1S/C12H9ClN2O/c13-9-1-2-10(11(14)7-9)12(16)8-3-5-15-6-4-8/h1-7H,14H2. The maximum Gasteiger partial charge on any atom is 0.195 e. The highest BCUT2D eigenvalue weighted by molar-refractivity contribution is 6.31. The maximum absolute atomic E-state index is 12.0. The molecule has 0 radical (unpaired) electrons. The number of halogens is 1. The first-order chi connectivity index (χ1) is 7.68. The van der Waals surface area contributed by atoms with Gasteiger partial charge in [0.25, 0.3) is 0 Å². The zero-order valence-electron chi connectivity index (χ0n) is 8.35. The van der Waals surface area contributed by atoms with E-state index in [-0.39, 0.29) is 5.78 Å². The molecule has 0 saturated heterocycles. The van der Waals surface area contributed by atoms with E-state index in [9.17, 15) is 4.79 Å². The number of carbonyl (C=O) groups is 1. The van der Waals surface area contributed by atoms with Gasteiger partial charge in [-0.3, -0.25) is 9.78 Å². The van der Waals surface area contributed by atoms with Gasteiger partial charge in [-0.05, 0) is 30.3 Å². The zero-order chi connectivity index (χ0) is 11.5. The highest BCUT2D eigenvalue weighted by Crippen LogP contribution is 2.20. The first-order valence-corrected chi connectivity index (χ1v) is 5.06. The Labute approximate surface area is 97.9 Å². The van der Waals surface area contributed by atoms with Gasteiger partial charge in [0.2, 0.25) is 0 Å². The van der Waals surface area contributed by atoms with E-state index in [1.54, 1.807) is 42.7 Å². The van der Waals surface area contributed by atoms with Crippen molar-refractivity contribution in [3.8, 4) is 0 Å². The fourth-order valence-corrected chi connectivity index (χ4v) is 1.58. The molecule has 0 spiro atoms. The van der Waals surface area contributed by atoms with Gasteiger partial charge in [-0.15, -0.1) is 0 Å². The summed E-state index contributed by atoms with van der Waals surface area (Å²) in [5.74, 6) is -0.128. The number of anilines is 1. The second-order valence-electron chi connectivity index (χ2n) is 3.30. The number of benzene rings is 1. The van der Waals surface area contributed by atoms with Crippen LogP contribution in [0.2, 0.25) is 5.02 Å². The second-order valence-corrected chi connectivity index (χ2v) is 3.73. The Hall–Kier alpha value is -1.87. The Balaban J connectivity index is 2.42. The summed E-state index contributed by atoms with van der Waals surface area (Å²) < 4.78 is 0. The van der Waals surface area contributed by atoms with Gasteiger partial charge in [0.15, 0.2) is 5.78 Å². The highest BCUT2D eigenvalue weighted by atomic mass is 35.5. The van der Waals surface area contributed by atoms with Crippen LogP contribution in [-0.4, -0.2) is 10.8 Å². The molecule has 0 fully saturated rings. The summed E-state index contributed by atoms with van der Waals surface area (Å²) in [6.07, 6.45) is 3.14. The molecule has 0 aliphatic heterocycles. The Morgan fingerprint density at radius 3 is 2.50 bits per heavy atom. The van der Waals surface area contributed by atoms with E-state index in [0.29, 0.717) is 21.8 Å². The summed E-state index contributed by atoms with van der Waals surface area (Å²) in [5, 5.41) is 0.517. The molecular formula is C12H9ClN2O. The molecule has 2 N–H and O–H groups in total. The summed E-state index contributed by atoms with van der Waals surface area (Å²) >= 11 is 5.77. The van der Waals surface area contributed by atoms with Crippen LogP contribution in [-0.2, 0) is 0 Å². The Kier molecular flexibility index (Phi) is 2.88. The lowest BCUT2D eigenvalue weighted by atomic mass is 10.0. The van der Waals surface area contributed by atoms with Crippen molar-refractivity contribution in [3.63, 3.8) is 0 Å². The van der Waals surface area contributed by atoms with E-state index in [2.05, 4.69) is 4.98 Å². The number of nitrogens with two attached hydrogens (primary N) is 1. The Morgan fingerprint density at radius 1 is 1.19 bits per heavy atom. The fraction of sp³-hybridized carbons (Fsp3) is 0. The van der Waals surface area contributed by atoms with Crippen LogP contribution in [0.25, 0.3) is 0 Å². The van der Waals surface area contributed by atoms with E-state index in [0.717, 1.165) is 0 Å². The van der Waals surface area contributed by atoms with Gasteiger partial charge >= 0.3 is 0 Å². The van der Waals surface area contributed by atoms with Crippen molar-refractivity contribution < 1.29 is 4.79 Å². The first kappa shape index (κ1) is 10.6. The van der Waals surface area contributed by atoms with Gasteiger partial charge < -0.3 is 5.73 Å². The van der Waals surface area contributed by atoms with Gasteiger partial charge in [-0.2, -0.15) is 0 Å². The molecule has 0 saturated carbocycles. The van der Waals surface area contributed by atoms with Gasteiger partial charge in [0, 0.05) is 34.2 Å². The van der Waals surface area contributed by atoms with E-state index in [1.807, 2.05) is 0 Å². The molecule has 0 unspecified atom stereocenters. The predicted molar refractivity (Wildman–Crippen MR) is 63.5 cm³/mol. The molecule has 1 aromatic carbocycles. The zero-order valence-corrected chi connectivity index (χ0v) is 9.11. The molecular weight excluding hydrogens is 224 g/mol. The SMILES string of the molecule is Nc1cc(Cl)ccc1C(=O)c1ccncc1. The Morgan fingerprint density at radius 2 is 1.88 bits per heavy atom. The second kappa shape index (κ2) is 4.33. The lowest BCUT2D eigenvalue weighted by Crippen LogP contribution is -2.05. The van der Waals surface area contributed by atoms with Crippen molar-refractivity contribution in [3.05, 3.63) is 58.9 Å². The first-order valence-electron chi connectivity index (χ1n) is 4.68. The summed E-state index contributed by atoms with van der Waals surface area (Å²) in [6, 6.07) is 8.13. The third-order valence-electron chi connectivity index (χ3n) is 2.20. The van der Waals surface area contributed by atoms with E-state index < -0.39 is 0 Å². The van der Waals surface area contributed by atoms with Crippen LogP contribution in [0.3, 0.4) is 0 Å². The number of hydrogen-bond acceptors (Lipinski definition) is 3. The molecule has 2 rings (SSSR count). The number of carbonyl (C=O) groups excluding carboxylic acids is 1. The average molecular weight is 233 g/mol. The Bertz CT molecular complexity index is 526. The summed E-state index contributed by atoms with van der Waals surface area (Å²) in [4.78, 5) is 15.9. The van der Waals surface area contributed by atoms with Crippen LogP contribution < -0.4 is 5.73 Å². The number of aromatic nitrogens is 1. The average Bonchev–Trinajstić information content (AvgIpc) is 2.29. The summed E-state index contributed by atoms with van der Waals surface area (Å²) in [7, 11) is 0. The molecule has 80 valence electrons. The third kappa shape index (κ3) is 2.04. The number of rotatable bonds is 2. The van der Waals surface area contributed by atoms with Crippen LogP contribution in [0.5, 0.6) is 0 Å². The number of hydrogen-bond donors (Lipinski definition) is 1. The normalized spacial score (nSPS) is 10.1. The minimum absolute atomic E-state index is 0.128. The molecule has 0 aliphatic carbocycles. The van der Waals surface area contributed by atoms with Gasteiger partial charge in [-0.25, -0.2) is 0 Å². The minimum atomic E-state index is -0.128. The van der Waals surface area contributed by atoms with Crippen LogP contribution in [0.1, 0.15) is 15.9 Å². The lowest BCUT2D eigenvalue weighted by molar-refractivity contribution is 0.103. The van der Waals surface area contributed by atoms with Crippen molar-refractivity contribution >= 4 is 23.1 Å². The molecule has 0 bridgehead atoms. The van der Waals surface area contributed by atoms with Crippen molar-refractivity contribution in [2.24, 2.45) is 0 Å². The molecule has 4 heteroatoms.